The lowest BCUT2D eigenvalue weighted by Gasteiger charge is -2.18. The number of guanidine groups is 1. The van der Waals surface area contributed by atoms with Crippen molar-refractivity contribution in [1.82, 2.24) is 25.4 Å². The van der Waals surface area contributed by atoms with E-state index >= 15 is 0 Å². The number of aryl methyl sites for hydroxylation is 1. The average molecular weight is 516 g/mol. The Kier molecular flexibility index (Phi) is 9.62. The van der Waals surface area contributed by atoms with Crippen LogP contribution in [0.2, 0.25) is 0 Å². The molecule has 0 aliphatic carbocycles. The van der Waals surface area contributed by atoms with Crippen molar-refractivity contribution in [1.29, 1.82) is 0 Å². The number of para-hydroxylation sites is 1. The number of aromatic nitrogens is 3. The van der Waals surface area contributed by atoms with E-state index in [0.29, 0.717) is 19.0 Å². The summed E-state index contributed by atoms with van der Waals surface area (Å²) in [4.78, 5) is 4.23. The van der Waals surface area contributed by atoms with Crippen LogP contribution in [0.3, 0.4) is 0 Å². The zero-order valence-corrected chi connectivity index (χ0v) is 19.4. The summed E-state index contributed by atoms with van der Waals surface area (Å²) in [5, 5.41) is 15.2. The zero-order valence-electron chi connectivity index (χ0n) is 17.0. The minimum absolute atomic E-state index is 0. The Labute approximate surface area is 188 Å². The summed E-state index contributed by atoms with van der Waals surface area (Å²) >= 11 is 0. The van der Waals surface area contributed by atoms with E-state index < -0.39 is 0 Å². The highest BCUT2D eigenvalue weighted by Gasteiger charge is 2.14. The highest BCUT2D eigenvalue weighted by atomic mass is 127. The summed E-state index contributed by atoms with van der Waals surface area (Å²) in [6.07, 6.45) is 5.24. The van der Waals surface area contributed by atoms with Gasteiger partial charge in [-0.3, -0.25) is 4.99 Å². The smallest absolute Gasteiger partial charge is 0.191 e. The summed E-state index contributed by atoms with van der Waals surface area (Å²) in [6.45, 7) is 4.11. The number of ether oxygens (including phenoxy) is 1. The first-order valence-electron chi connectivity index (χ1n) is 9.94. The molecule has 0 saturated carbocycles. The third kappa shape index (κ3) is 6.83. The van der Waals surface area contributed by atoms with Crippen LogP contribution in [0.1, 0.15) is 37.8 Å². The Morgan fingerprint density at radius 1 is 1.24 bits per heavy atom. The molecule has 1 aromatic carbocycles. The first kappa shape index (κ1) is 23.4. The quantitative estimate of drug-likeness (QED) is 0.337. The van der Waals surface area contributed by atoms with Crippen LogP contribution < -0.4 is 15.4 Å². The third-order valence-electron chi connectivity index (χ3n) is 4.77. The van der Waals surface area contributed by atoms with Crippen LogP contribution in [0.5, 0.6) is 5.75 Å². The van der Waals surface area contributed by atoms with Gasteiger partial charge < -0.3 is 19.9 Å². The fraction of sp³-hybridized carbons (Fsp3) is 0.550. The Bertz CT molecular complexity index is 797. The Balaban J connectivity index is 0.00000300. The SMILES string of the molecule is CN=C(NCCc1nnc2n1CCCCC2)NCC(C)Oc1ccccc1F.I. The van der Waals surface area contributed by atoms with Gasteiger partial charge in [-0.1, -0.05) is 18.6 Å². The summed E-state index contributed by atoms with van der Waals surface area (Å²) in [6, 6.07) is 6.41. The molecule has 9 heteroatoms. The molecule has 1 atom stereocenters. The first-order chi connectivity index (χ1) is 13.7. The topological polar surface area (TPSA) is 76.4 Å². The molecule has 3 rings (SSSR count). The van der Waals surface area contributed by atoms with E-state index in [4.69, 9.17) is 4.74 Å². The van der Waals surface area contributed by atoms with Gasteiger partial charge in [-0.25, -0.2) is 4.39 Å². The predicted octanol–water partition coefficient (Wildman–Crippen LogP) is 2.94. The van der Waals surface area contributed by atoms with Crippen molar-refractivity contribution >= 4 is 29.9 Å². The minimum Gasteiger partial charge on any atom is -0.486 e. The number of fused-ring (bicyclic) bond motifs is 1. The number of nitrogens with one attached hydrogen (secondary N) is 2. The lowest BCUT2D eigenvalue weighted by molar-refractivity contribution is 0.214. The Morgan fingerprint density at radius 2 is 2.07 bits per heavy atom. The molecule has 0 bridgehead atoms. The van der Waals surface area contributed by atoms with Gasteiger partial charge in [-0.15, -0.1) is 34.2 Å². The molecule has 1 aliphatic rings. The van der Waals surface area contributed by atoms with Gasteiger partial charge in [0.1, 0.15) is 17.8 Å². The number of halogens is 2. The molecule has 2 aromatic rings. The van der Waals surface area contributed by atoms with Gasteiger partial charge in [0, 0.05) is 33.0 Å². The molecule has 2 heterocycles. The van der Waals surface area contributed by atoms with Crippen LogP contribution in [0, 0.1) is 5.82 Å². The first-order valence-corrected chi connectivity index (χ1v) is 9.94. The van der Waals surface area contributed by atoms with E-state index in [0.717, 1.165) is 31.0 Å². The van der Waals surface area contributed by atoms with E-state index in [1.807, 2.05) is 6.92 Å². The summed E-state index contributed by atoms with van der Waals surface area (Å²) in [7, 11) is 1.72. The summed E-state index contributed by atoms with van der Waals surface area (Å²) in [5.74, 6) is 2.71. The molecular formula is C20H30FIN6O. The lowest BCUT2D eigenvalue weighted by Crippen LogP contribution is -2.42. The van der Waals surface area contributed by atoms with Gasteiger partial charge in [0.25, 0.3) is 0 Å². The second-order valence-electron chi connectivity index (χ2n) is 6.98. The van der Waals surface area contributed by atoms with E-state index in [1.54, 1.807) is 25.2 Å². The maximum Gasteiger partial charge on any atom is 0.191 e. The van der Waals surface area contributed by atoms with Crippen LogP contribution in [0.4, 0.5) is 4.39 Å². The van der Waals surface area contributed by atoms with Gasteiger partial charge in [-0.05, 0) is 31.9 Å². The molecule has 2 N–H and O–H groups in total. The third-order valence-corrected chi connectivity index (χ3v) is 4.77. The monoisotopic (exact) mass is 516 g/mol. The maximum atomic E-state index is 13.7. The van der Waals surface area contributed by atoms with Gasteiger partial charge in [0.05, 0.1) is 6.54 Å². The van der Waals surface area contributed by atoms with Crippen LogP contribution in [0.25, 0.3) is 0 Å². The highest BCUT2D eigenvalue weighted by Crippen LogP contribution is 2.17. The molecule has 0 radical (unpaired) electrons. The Morgan fingerprint density at radius 3 is 2.86 bits per heavy atom. The Hall–Kier alpha value is -1.91. The number of hydrogen-bond acceptors (Lipinski definition) is 4. The van der Waals surface area contributed by atoms with E-state index in [-0.39, 0.29) is 41.6 Å². The lowest BCUT2D eigenvalue weighted by atomic mass is 10.2. The van der Waals surface area contributed by atoms with Crippen LogP contribution >= 0.6 is 24.0 Å². The van der Waals surface area contributed by atoms with Gasteiger partial charge in [0.15, 0.2) is 17.5 Å². The molecule has 160 valence electrons. The standard InChI is InChI=1S/C20H29FN6O.HI/c1-15(28-17-9-6-5-8-16(17)21)14-24-20(22-2)23-12-11-19-26-25-18-10-4-3-7-13-27(18)19;/h5-6,8-9,15H,3-4,7,10-14H2,1-2H3,(H2,22,23,24);1H. The number of rotatable bonds is 7. The van der Waals surface area contributed by atoms with Crippen molar-refractivity contribution in [3.8, 4) is 5.75 Å². The fourth-order valence-corrected chi connectivity index (χ4v) is 3.28. The van der Waals surface area contributed by atoms with Crippen molar-refractivity contribution in [2.75, 3.05) is 20.1 Å². The summed E-state index contributed by atoms with van der Waals surface area (Å²) in [5.41, 5.74) is 0. The number of aliphatic imine (C=N–C) groups is 1. The molecule has 1 aromatic heterocycles. The van der Waals surface area contributed by atoms with Crippen molar-refractivity contribution in [2.45, 2.75) is 51.7 Å². The predicted molar refractivity (Wildman–Crippen MR) is 123 cm³/mol. The minimum atomic E-state index is -0.357. The van der Waals surface area contributed by atoms with Crippen molar-refractivity contribution < 1.29 is 9.13 Å². The number of nitrogens with zero attached hydrogens (tertiary/aromatic N) is 4. The fourth-order valence-electron chi connectivity index (χ4n) is 3.28. The summed E-state index contributed by atoms with van der Waals surface area (Å²) < 4.78 is 21.6. The largest absolute Gasteiger partial charge is 0.486 e. The van der Waals surface area contributed by atoms with Gasteiger partial charge in [-0.2, -0.15) is 0 Å². The van der Waals surface area contributed by atoms with Crippen molar-refractivity contribution in [2.24, 2.45) is 4.99 Å². The molecular weight excluding hydrogens is 486 g/mol. The second kappa shape index (κ2) is 11.9. The van der Waals surface area contributed by atoms with Crippen LogP contribution in [-0.4, -0.2) is 47.0 Å². The maximum absolute atomic E-state index is 13.7. The normalized spacial score (nSPS) is 14.9. The zero-order chi connectivity index (χ0) is 19.8. The number of hydrogen-bond donors (Lipinski definition) is 2. The van der Waals surface area contributed by atoms with E-state index in [2.05, 4.69) is 30.4 Å². The van der Waals surface area contributed by atoms with Gasteiger partial charge >= 0.3 is 0 Å². The van der Waals surface area contributed by atoms with E-state index in [1.165, 1.54) is 25.3 Å². The highest BCUT2D eigenvalue weighted by molar-refractivity contribution is 14.0. The molecule has 7 nitrogen and oxygen atoms in total. The molecule has 1 aliphatic heterocycles. The van der Waals surface area contributed by atoms with Gasteiger partial charge in [0.2, 0.25) is 0 Å². The van der Waals surface area contributed by atoms with Crippen molar-refractivity contribution in [3.05, 3.63) is 41.7 Å². The van der Waals surface area contributed by atoms with Crippen molar-refractivity contribution in [3.63, 3.8) is 0 Å². The van der Waals surface area contributed by atoms with Crippen LogP contribution in [-0.2, 0) is 19.4 Å². The molecule has 0 spiro atoms. The average Bonchev–Trinajstić information content (AvgIpc) is 2.92. The molecule has 0 saturated heterocycles. The molecule has 1 unspecified atom stereocenters. The van der Waals surface area contributed by atoms with E-state index in [9.17, 15) is 4.39 Å². The van der Waals surface area contributed by atoms with Crippen LogP contribution in [0.15, 0.2) is 29.3 Å². The molecule has 29 heavy (non-hydrogen) atoms. The number of benzene rings is 1. The molecule has 0 fully saturated rings. The molecule has 0 amide bonds. The second-order valence-corrected chi connectivity index (χ2v) is 6.98.